The van der Waals surface area contributed by atoms with Crippen LogP contribution in [-0.4, -0.2) is 17.6 Å². The minimum Gasteiger partial charge on any atom is -0.384 e. The molecule has 106 valence electrons. The van der Waals surface area contributed by atoms with Gasteiger partial charge in [-0.2, -0.15) is 11.3 Å². The largest absolute Gasteiger partial charge is 0.384 e. The van der Waals surface area contributed by atoms with Crippen molar-refractivity contribution in [1.29, 1.82) is 0 Å². The zero-order chi connectivity index (χ0) is 14.4. The van der Waals surface area contributed by atoms with E-state index in [1.54, 1.807) is 6.92 Å². The van der Waals surface area contributed by atoms with Crippen molar-refractivity contribution in [3.63, 3.8) is 0 Å². The van der Waals surface area contributed by atoms with E-state index in [1.165, 1.54) is 11.3 Å². The fraction of sp³-hybridized carbons (Fsp3) is 0.312. The van der Waals surface area contributed by atoms with Crippen LogP contribution >= 0.6 is 11.3 Å². The summed E-state index contributed by atoms with van der Waals surface area (Å²) in [6.07, 6.45) is 1.15. The molecule has 4 heteroatoms. The van der Waals surface area contributed by atoms with Crippen molar-refractivity contribution in [3.05, 3.63) is 58.3 Å². The van der Waals surface area contributed by atoms with Gasteiger partial charge in [0.15, 0.2) is 0 Å². The third kappa shape index (κ3) is 4.18. The monoisotopic (exact) mass is 289 g/mol. The Hall–Kier alpha value is -1.65. The molecular formula is C16H19NO2S. The van der Waals surface area contributed by atoms with Crippen LogP contribution < -0.4 is 5.32 Å². The van der Waals surface area contributed by atoms with Crippen LogP contribution in [0.3, 0.4) is 0 Å². The third-order valence-corrected chi connectivity index (χ3v) is 3.94. The summed E-state index contributed by atoms with van der Waals surface area (Å²) in [5.41, 5.74) is 0.973. The molecule has 0 spiro atoms. The second-order valence-electron chi connectivity index (χ2n) is 5.05. The average Bonchev–Trinajstić information content (AvgIpc) is 2.99. The zero-order valence-electron chi connectivity index (χ0n) is 11.5. The lowest BCUT2D eigenvalue weighted by Crippen LogP contribution is -2.38. The van der Waals surface area contributed by atoms with E-state index in [4.69, 9.17) is 0 Å². The van der Waals surface area contributed by atoms with Gasteiger partial charge in [0.1, 0.15) is 5.60 Å². The Bertz CT molecular complexity index is 535. The molecule has 1 heterocycles. The van der Waals surface area contributed by atoms with Crippen LogP contribution in [0, 0.1) is 0 Å². The van der Waals surface area contributed by atoms with Gasteiger partial charge in [0, 0.05) is 6.42 Å². The number of carbonyl (C=O) groups excluding carboxylic acids is 1. The molecule has 2 rings (SSSR count). The Kier molecular flexibility index (Phi) is 4.93. The summed E-state index contributed by atoms with van der Waals surface area (Å²) in [4.78, 5) is 11.8. The lowest BCUT2D eigenvalue weighted by atomic mass is 9.99. The Balaban J connectivity index is 1.78. The first-order valence-electron chi connectivity index (χ1n) is 6.63. The molecule has 0 fully saturated rings. The number of hydrogen-bond acceptors (Lipinski definition) is 3. The summed E-state index contributed by atoms with van der Waals surface area (Å²) in [7, 11) is 0. The van der Waals surface area contributed by atoms with Crippen LogP contribution in [-0.2, 0) is 16.8 Å². The maximum absolute atomic E-state index is 11.8. The van der Waals surface area contributed by atoms with Crippen molar-refractivity contribution in [2.45, 2.75) is 25.4 Å². The summed E-state index contributed by atoms with van der Waals surface area (Å²) in [5, 5.41) is 16.9. The topological polar surface area (TPSA) is 49.3 Å². The van der Waals surface area contributed by atoms with E-state index in [-0.39, 0.29) is 12.5 Å². The van der Waals surface area contributed by atoms with Gasteiger partial charge in [0.05, 0.1) is 6.54 Å². The summed E-state index contributed by atoms with van der Waals surface area (Å²) in [5.74, 6) is -0.0376. The molecule has 0 bridgehead atoms. The first-order valence-corrected chi connectivity index (χ1v) is 7.58. The van der Waals surface area contributed by atoms with Crippen molar-refractivity contribution < 1.29 is 9.90 Å². The SMILES string of the molecule is CC(O)(CNC(=O)CCc1ccccc1)c1ccsc1. The normalized spacial score (nSPS) is 13.7. The average molecular weight is 289 g/mol. The molecule has 0 saturated heterocycles. The van der Waals surface area contributed by atoms with E-state index in [0.717, 1.165) is 11.1 Å². The molecule has 2 N–H and O–H groups in total. The van der Waals surface area contributed by atoms with Crippen molar-refractivity contribution in [1.82, 2.24) is 5.32 Å². The van der Waals surface area contributed by atoms with Gasteiger partial charge in [0.25, 0.3) is 0 Å². The highest BCUT2D eigenvalue weighted by molar-refractivity contribution is 7.08. The van der Waals surface area contributed by atoms with Gasteiger partial charge in [-0.3, -0.25) is 4.79 Å². The van der Waals surface area contributed by atoms with Crippen LogP contribution in [0.5, 0.6) is 0 Å². The van der Waals surface area contributed by atoms with Gasteiger partial charge >= 0.3 is 0 Å². The second kappa shape index (κ2) is 6.68. The number of hydrogen-bond donors (Lipinski definition) is 2. The third-order valence-electron chi connectivity index (χ3n) is 3.26. The lowest BCUT2D eigenvalue weighted by molar-refractivity contribution is -0.122. The molecule has 1 atom stereocenters. The maximum atomic E-state index is 11.8. The molecule has 0 aliphatic rings. The van der Waals surface area contributed by atoms with Gasteiger partial charge in [-0.25, -0.2) is 0 Å². The number of nitrogens with one attached hydrogen (secondary N) is 1. The minimum absolute atomic E-state index is 0.0376. The highest BCUT2D eigenvalue weighted by Gasteiger charge is 2.23. The Morgan fingerprint density at radius 3 is 2.70 bits per heavy atom. The molecule has 2 aromatic rings. The van der Waals surface area contributed by atoms with Crippen LogP contribution in [0.15, 0.2) is 47.2 Å². The number of rotatable bonds is 6. The van der Waals surface area contributed by atoms with Gasteiger partial charge < -0.3 is 10.4 Å². The van der Waals surface area contributed by atoms with Crippen LogP contribution in [0.4, 0.5) is 0 Å². The number of aryl methyl sites for hydroxylation is 1. The standard InChI is InChI=1S/C16H19NO2S/c1-16(19,14-9-10-20-11-14)12-17-15(18)8-7-13-5-3-2-4-6-13/h2-6,9-11,19H,7-8,12H2,1H3,(H,17,18). The molecule has 20 heavy (non-hydrogen) atoms. The van der Waals surface area contributed by atoms with E-state index in [1.807, 2.05) is 47.2 Å². The van der Waals surface area contributed by atoms with Crippen LogP contribution in [0.1, 0.15) is 24.5 Å². The molecule has 0 aliphatic carbocycles. The molecule has 0 radical (unpaired) electrons. The van der Waals surface area contributed by atoms with Gasteiger partial charge in [0.2, 0.25) is 5.91 Å². The van der Waals surface area contributed by atoms with E-state index in [2.05, 4.69) is 5.32 Å². The molecule has 1 aromatic heterocycles. The highest BCUT2D eigenvalue weighted by Crippen LogP contribution is 2.22. The summed E-state index contributed by atoms with van der Waals surface area (Å²) in [6.45, 7) is 1.95. The van der Waals surface area contributed by atoms with E-state index >= 15 is 0 Å². The minimum atomic E-state index is -1.01. The molecule has 0 saturated carbocycles. The highest BCUT2D eigenvalue weighted by atomic mass is 32.1. The van der Waals surface area contributed by atoms with Crippen molar-refractivity contribution in [3.8, 4) is 0 Å². The first kappa shape index (κ1) is 14.8. The molecule has 1 unspecified atom stereocenters. The number of thiophene rings is 1. The second-order valence-corrected chi connectivity index (χ2v) is 5.83. The van der Waals surface area contributed by atoms with Gasteiger partial charge in [-0.05, 0) is 41.3 Å². The van der Waals surface area contributed by atoms with Crippen LogP contribution in [0.25, 0.3) is 0 Å². The quantitative estimate of drug-likeness (QED) is 0.859. The molecule has 0 aliphatic heterocycles. The Labute approximate surface area is 123 Å². The van der Waals surface area contributed by atoms with E-state index < -0.39 is 5.60 Å². The molecule has 1 aromatic carbocycles. The van der Waals surface area contributed by atoms with Crippen molar-refractivity contribution in [2.75, 3.05) is 6.54 Å². The fourth-order valence-electron chi connectivity index (χ4n) is 1.93. The van der Waals surface area contributed by atoms with Crippen molar-refractivity contribution >= 4 is 17.2 Å². The van der Waals surface area contributed by atoms with Crippen molar-refractivity contribution in [2.24, 2.45) is 0 Å². The molecule has 3 nitrogen and oxygen atoms in total. The van der Waals surface area contributed by atoms with E-state index in [9.17, 15) is 9.90 Å². The number of amides is 1. The number of benzene rings is 1. The lowest BCUT2D eigenvalue weighted by Gasteiger charge is -2.22. The maximum Gasteiger partial charge on any atom is 0.220 e. The number of carbonyl (C=O) groups is 1. The molecular weight excluding hydrogens is 270 g/mol. The van der Waals surface area contributed by atoms with Gasteiger partial charge in [-0.15, -0.1) is 0 Å². The smallest absolute Gasteiger partial charge is 0.220 e. The predicted molar refractivity (Wildman–Crippen MR) is 81.7 cm³/mol. The predicted octanol–water partition coefficient (Wildman–Crippen LogP) is 2.70. The number of aliphatic hydroxyl groups is 1. The van der Waals surface area contributed by atoms with Crippen LogP contribution in [0.2, 0.25) is 0 Å². The first-order chi connectivity index (χ1) is 9.58. The Morgan fingerprint density at radius 1 is 1.30 bits per heavy atom. The molecule has 1 amide bonds. The van der Waals surface area contributed by atoms with Gasteiger partial charge in [-0.1, -0.05) is 30.3 Å². The summed E-state index contributed by atoms with van der Waals surface area (Å²) >= 11 is 1.54. The fourth-order valence-corrected chi connectivity index (χ4v) is 2.72. The summed E-state index contributed by atoms with van der Waals surface area (Å²) < 4.78 is 0. The Morgan fingerprint density at radius 2 is 2.05 bits per heavy atom. The summed E-state index contributed by atoms with van der Waals surface area (Å²) in [6, 6.07) is 11.8. The zero-order valence-corrected chi connectivity index (χ0v) is 12.3. The van der Waals surface area contributed by atoms with E-state index in [0.29, 0.717) is 12.8 Å².